The Hall–Kier alpha value is -2.54. The summed E-state index contributed by atoms with van der Waals surface area (Å²) < 4.78 is 0. The number of carbonyl (C=O) groups is 1. The largest absolute Gasteiger partial charge is 0.348 e. The number of nitrogens with one attached hydrogen (secondary N) is 1. The smallest absolute Gasteiger partial charge is 0.234 e. The number of nitrogens with zero attached hydrogens (tertiary/aromatic N) is 5. The lowest BCUT2D eigenvalue weighted by molar-refractivity contribution is -0.123. The predicted molar refractivity (Wildman–Crippen MR) is 101 cm³/mol. The molecule has 2 aromatic rings. The number of anilines is 1. The van der Waals surface area contributed by atoms with Gasteiger partial charge in [0.25, 0.3) is 0 Å². The minimum atomic E-state index is -0.0183. The molecule has 0 spiro atoms. The molecule has 1 aliphatic heterocycles. The molecule has 0 bridgehead atoms. The van der Waals surface area contributed by atoms with Crippen molar-refractivity contribution in [1.29, 1.82) is 0 Å². The first-order valence-corrected chi connectivity index (χ1v) is 9.07. The third-order valence-corrected chi connectivity index (χ3v) is 4.60. The van der Waals surface area contributed by atoms with E-state index < -0.39 is 0 Å². The molecule has 7 heteroatoms. The van der Waals surface area contributed by atoms with Crippen LogP contribution in [-0.2, 0) is 4.79 Å². The van der Waals surface area contributed by atoms with Crippen LogP contribution in [0, 0.1) is 5.92 Å². The molecule has 1 atom stereocenters. The van der Waals surface area contributed by atoms with E-state index in [4.69, 9.17) is 0 Å². The van der Waals surface area contributed by atoms with E-state index in [1.165, 1.54) is 0 Å². The van der Waals surface area contributed by atoms with Gasteiger partial charge in [0.1, 0.15) is 0 Å². The first-order chi connectivity index (χ1) is 12.6. The van der Waals surface area contributed by atoms with E-state index in [1.54, 1.807) is 18.6 Å². The van der Waals surface area contributed by atoms with Crippen LogP contribution >= 0.6 is 0 Å². The lowest BCUT2D eigenvalue weighted by Crippen LogP contribution is -2.50. The minimum Gasteiger partial charge on any atom is -0.348 e. The van der Waals surface area contributed by atoms with E-state index >= 15 is 0 Å². The maximum atomic E-state index is 12.5. The summed E-state index contributed by atoms with van der Waals surface area (Å²) in [7, 11) is 0. The molecule has 1 amide bonds. The summed E-state index contributed by atoms with van der Waals surface area (Å²) in [5.74, 6) is 1.11. The van der Waals surface area contributed by atoms with Crippen molar-refractivity contribution in [3.63, 3.8) is 0 Å². The molecule has 1 aliphatic rings. The molecular formula is C19H26N6O. The van der Waals surface area contributed by atoms with E-state index in [-0.39, 0.29) is 11.9 Å². The molecule has 0 radical (unpaired) electrons. The van der Waals surface area contributed by atoms with Crippen LogP contribution in [0.25, 0.3) is 0 Å². The quantitative estimate of drug-likeness (QED) is 0.848. The fourth-order valence-electron chi connectivity index (χ4n) is 3.18. The third-order valence-electron chi connectivity index (χ3n) is 4.60. The van der Waals surface area contributed by atoms with Crippen LogP contribution in [0.2, 0.25) is 0 Å². The van der Waals surface area contributed by atoms with E-state index in [1.807, 2.05) is 24.4 Å². The molecule has 1 unspecified atom stereocenters. The molecule has 3 rings (SSSR count). The molecule has 1 saturated heterocycles. The van der Waals surface area contributed by atoms with Crippen molar-refractivity contribution >= 4 is 11.9 Å². The number of amides is 1. The topological polar surface area (TPSA) is 74.2 Å². The van der Waals surface area contributed by atoms with Crippen molar-refractivity contribution in [2.24, 2.45) is 5.92 Å². The van der Waals surface area contributed by atoms with Crippen LogP contribution in [-0.4, -0.2) is 58.5 Å². The van der Waals surface area contributed by atoms with Gasteiger partial charge in [0, 0.05) is 51.0 Å². The first-order valence-electron chi connectivity index (χ1n) is 9.07. The van der Waals surface area contributed by atoms with E-state index in [9.17, 15) is 4.79 Å². The number of hydrogen-bond acceptors (Lipinski definition) is 6. The lowest BCUT2D eigenvalue weighted by Gasteiger charge is -2.34. The van der Waals surface area contributed by atoms with Gasteiger partial charge in [0.05, 0.1) is 12.6 Å². The monoisotopic (exact) mass is 354 g/mol. The summed E-state index contributed by atoms with van der Waals surface area (Å²) in [4.78, 5) is 29.6. The first kappa shape index (κ1) is 18.3. The van der Waals surface area contributed by atoms with Gasteiger partial charge in [0.15, 0.2) is 0 Å². The second kappa shape index (κ2) is 8.71. The normalized spacial score (nSPS) is 16.5. The Labute approximate surface area is 154 Å². The highest BCUT2D eigenvalue weighted by molar-refractivity contribution is 5.78. The molecule has 0 aliphatic carbocycles. The van der Waals surface area contributed by atoms with Gasteiger partial charge in [-0.15, -0.1) is 0 Å². The number of hydrogen-bond donors (Lipinski definition) is 1. The van der Waals surface area contributed by atoms with Gasteiger partial charge in [-0.25, -0.2) is 9.97 Å². The van der Waals surface area contributed by atoms with Gasteiger partial charge in [-0.1, -0.05) is 19.9 Å². The van der Waals surface area contributed by atoms with Gasteiger partial charge in [0.2, 0.25) is 11.9 Å². The van der Waals surface area contributed by atoms with Crippen molar-refractivity contribution in [1.82, 2.24) is 25.2 Å². The Morgan fingerprint density at radius 2 is 1.85 bits per heavy atom. The fraction of sp³-hybridized carbons (Fsp3) is 0.474. The van der Waals surface area contributed by atoms with Crippen LogP contribution in [0.3, 0.4) is 0 Å². The highest BCUT2D eigenvalue weighted by Gasteiger charge is 2.23. The van der Waals surface area contributed by atoms with Crippen molar-refractivity contribution in [3.8, 4) is 0 Å². The minimum absolute atomic E-state index is 0.0183. The Bertz CT molecular complexity index is 686. The summed E-state index contributed by atoms with van der Waals surface area (Å²) in [5.41, 5.74) is 1.04. The zero-order valence-electron chi connectivity index (χ0n) is 15.4. The fourth-order valence-corrected chi connectivity index (χ4v) is 3.18. The van der Waals surface area contributed by atoms with Gasteiger partial charge in [-0.2, -0.15) is 0 Å². The standard InChI is InChI=1S/C19H26N6O/c1-15(2)18(16-5-3-6-20-13-16)23-17(26)14-24-9-11-25(12-10-24)19-21-7-4-8-22-19/h3-8,13,15,18H,9-12,14H2,1-2H3,(H,23,26). The van der Waals surface area contributed by atoms with Gasteiger partial charge in [-0.3, -0.25) is 14.7 Å². The Balaban J connectivity index is 1.51. The predicted octanol–water partition coefficient (Wildman–Crippen LogP) is 1.51. The van der Waals surface area contributed by atoms with Crippen LogP contribution in [0.15, 0.2) is 43.0 Å². The van der Waals surface area contributed by atoms with E-state index in [2.05, 4.69) is 43.9 Å². The number of pyridine rings is 1. The molecule has 138 valence electrons. The van der Waals surface area contributed by atoms with Crippen molar-refractivity contribution in [3.05, 3.63) is 48.5 Å². The summed E-state index contributed by atoms with van der Waals surface area (Å²) >= 11 is 0. The average molecular weight is 354 g/mol. The second-order valence-corrected chi connectivity index (χ2v) is 6.89. The van der Waals surface area contributed by atoms with Gasteiger partial charge < -0.3 is 10.2 Å². The highest BCUT2D eigenvalue weighted by Crippen LogP contribution is 2.20. The Morgan fingerprint density at radius 3 is 2.46 bits per heavy atom. The Kier molecular flexibility index (Phi) is 6.12. The summed E-state index contributed by atoms with van der Waals surface area (Å²) in [6.45, 7) is 7.93. The Morgan fingerprint density at radius 1 is 1.12 bits per heavy atom. The zero-order chi connectivity index (χ0) is 18.4. The summed E-state index contributed by atoms with van der Waals surface area (Å²) in [6, 6.07) is 5.71. The maximum Gasteiger partial charge on any atom is 0.234 e. The molecule has 26 heavy (non-hydrogen) atoms. The molecule has 1 N–H and O–H groups in total. The highest BCUT2D eigenvalue weighted by atomic mass is 16.2. The lowest BCUT2D eigenvalue weighted by atomic mass is 9.97. The van der Waals surface area contributed by atoms with Crippen molar-refractivity contribution in [2.75, 3.05) is 37.6 Å². The third kappa shape index (κ3) is 4.76. The summed E-state index contributed by atoms with van der Waals surface area (Å²) in [6.07, 6.45) is 7.08. The average Bonchev–Trinajstić information content (AvgIpc) is 2.68. The second-order valence-electron chi connectivity index (χ2n) is 6.89. The van der Waals surface area contributed by atoms with Crippen LogP contribution in [0.5, 0.6) is 0 Å². The number of rotatable bonds is 6. The molecule has 0 aromatic carbocycles. The van der Waals surface area contributed by atoms with E-state index in [0.29, 0.717) is 12.5 Å². The van der Waals surface area contributed by atoms with Gasteiger partial charge >= 0.3 is 0 Å². The molecular weight excluding hydrogens is 328 g/mol. The zero-order valence-corrected chi connectivity index (χ0v) is 15.4. The SMILES string of the molecule is CC(C)C(NC(=O)CN1CCN(c2ncccn2)CC1)c1cccnc1. The van der Waals surface area contributed by atoms with Crippen LogP contribution in [0.1, 0.15) is 25.5 Å². The number of carbonyl (C=O) groups excluding carboxylic acids is 1. The molecule has 3 heterocycles. The number of aromatic nitrogens is 3. The summed E-state index contributed by atoms with van der Waals surface area (Å²) in [5, 5.41) is 3.16. The molecule has 2 aromatic heterocycles. The molecule has 7 nitrogen and oxygen atoms in total. The molecule has 1 fully saturated rings. The maximum absolute atomic E-state index is 12.5. The van der Waals surface area contributed by atoms with Crippen LogP contribution in [0.4, 0.5) is 5.95 Å². The van der Waals surface area contributed by atoms with Crippen molar-refractivity contribution < 1.29 is 4.79 Å². The van der Waals surface area contributed by atoms with Crippen LogP contribution < -0.4 is 10.2 Å². The van der Waals surface area contributed by atoms with Crippen molar-refractivity contribution in [2.45, 2.75) is 19.9 Å². The molecule has 0 saturated carbocycles. The van der Waals surface area contributed by atoms with Gasteiger partial charge in [-0.05, 0) is 23.6 Å². The number of piperazine rings is 1. The van der Waals surface area contributed by atoms with E-state index in [0.717, 1.165) is 37.7 Å².